The maximum absolute atomic E-state index is 3.33. The first-order chi connectivity index (χ1) is 5.13. The van der Waals surface area contributed by atoms with Gasteiger partial charge in [0.2, 0.25) is 0 Å². The molecule has 0 aliphatic rings. The molecule has 0 amide bonds. The Kier molecular flexibility index (Phi) is 5.57. The molecule has 0 saturated heterocycles. The fraction of sp³-hybridized carbons (Fsp3) is 1.00. The van der Waals surface area contributed by atoms with Gasteiger partial charge in [0.25, 0.3) is 0 Å². The Bertz CT molecular complexity index is 88.9. The molecule has 0 aliphatic heterocycles. The molecule has 0 aromatic heterocycles. The van der Waals surface area contributed by atoms with E-state index in [-0.39, 0.29) is 0 Å². The highest BCUT2D eigenvalue weighted by molar-refractivity contribution is 4.72. The Hall–Kier alpha value is -0.0400. The summed E-state index contributed by atoms with van der Waals surface area (Å²) in [5.74, 6) is 1.64. The molecule has 0 bridgehead atoms. The van der Waals surface area contributed by atoms with Gasteiger partial charge in [0.1, 0.15) is 0 Å². The van der Waals surface area contributed by atoms with Gasteiger partial charge in [-0.3, -0.25) is 0 Å². The van der Waals surface area contributed by atoms with Crippen LogP contribution in [-0.2, 0) is 0 Å². The molecule has 1 nitrogen and oxygen atoms in total. The second kappa shape index (κ2) is 5.59. The summed E-state index contributed by atoms with van der Waals surface area (Å²) >= 11 is 0. The van der Waals surface area contributed by atoms with E-state index < -0.39 is 0 Å². The Morgan fingerprint density at radius 3 is 2.00 bits per heavy atom. The number of nitrogens with one attached hydrogen (secondary N) is 1. The summed E-state index contributed by atoms with van der Waals surface area (Å²) in [6.07, 6.45) is 2.65. The van der Waals surface area contributed by atoms with Crippen molar-refractivity contribution in [3.8, 4) is 0 Å². The van der Waals surface area contributed by atoms with Crippen molar-refractivity contribution in [2.45, 2.75) is 46.6 Å². The van der Waals surface area contributed by atoms with Gasteiger partial charge < -0.3 is 5.32 Å². The van der Waals surface area contributed by atoms with E-state index in [1.165, 1.54) is 12.8 Å². The molecule has 11 heavy (non-hydrogen) atoms. The van der Waals surface area contributed by atoms with Gasteiger partial charge in [0.05, 0.1) is 0 Å². The summed E-state index contributed by atoms with van der Waals surface area (Å²) in [5.41, 5.74) is 0. The number of hydrogen-bond acceptors (Lipinski definition) is 1. The van der Waals surface area contributed by atoms with Crippen LogP contribution >= 0.6 is 0 Å². The van der Waals surface area contributed by atoms with E-state index in [9.17, 15) is 0 Å². The summed E-state index contributed by atoms with van der Waals surface area (Å²) in [5, 5.41) is 3.33. The van der Waals surface area contributed by atoms with E-state index in [4.69, 9.17) is 0 Å². The van der Waals surface area contributed by atoms with E-state index in [2.05, 4.69) is 40.1 Å². The van der Waals surface area contributed by atoms with Crippen molar-refractivity contribution in [2.75, 3.05) is 7.05 Å². The minimum Gasteiger partial charge on any atom is -0.317 e. The van der Waals surface area contributed by atoms with Crippen molar-refractivity contribution < 1.29 is 0 Å². The van der Waals surface area contributed by atoms with Crippen LogP contribution in [0.5, 0.6) is 0 Å². The van der Waals surface area contributed by atoms with Crippen LogP contribution in [0.3, 0.4) is 0 Å². The van der Waals surface area contributed by atoms with Crippen LogP contribution in [0.2, 0.25) is 0 Å². The Morgan fingerprint density at radius 1 is 1.18 bits per heavy atom. The van der Waals surface area contributed by atoms with Crippen LogP contribution < -0.4 is 5.32 Å². The third-order valence-corrected chi connectivity index (χ3v) is 2.58. The summed E-state index contributed by atoms with van der Waals surface area (Å²) in [6.45, 7) is 9.17. The highest BCUT2D eigenvalue weighted by atomic mass is 14.9. The summed E-state index contributed by atoms with van der Waals surface area (Å²) < 4.78 is 0. The van der Waals surface area contributed by atoms with Gasteiger partial charge >= 0.3 is 0 Å². The van der Waals surface area contributed by atoms with E-state index in [1.807, 2.05) is 0 Å². The molecule has 0 aromatic carbocycles. The lowest BCUT2D eigenvalue weighted by atomic mass is 9.86. The lowest BCUT2D eigenvalue weighted by molar-refractivity contribution is 0.281. The molecule has 0 rings (SSSR count). The normalized spacial score (nSPS) is 16.9. The van der Waals surface area contributed by atoms with E-state index >= 15 is 0 Å². The average molecular weight is 157 g/mol. The van der Waals surface area contributed by atoms with Gasteiger partial charge in [0, 0.05) is 6.04 Å². The molecule has 1 heteroatoms. The van der Waals surface area contributed by atoms with Gasteiger partial charge in [-0.05, 0) is 32.2 Å². The lowest BCUT2D eigenvalue weighted by Crippen LogP contribution is -2.33. The largest absolute Gasteiger partial charge is 0.317 e. The van der Waals surface area contributed by atoms with Crippen LogP contribution in [-0.4, -0.2) is 13.1 Å². The molecule has 0 radical (unpaired) electrons. The first-order valence-corrected chi connectivity index (χ1v) is 4.80. The van der Waals surface area contributed by atoms with Gasteiger partial charge in [-0.25, -0.2) is 0 Å². The summed E-state index contributed by atoms with van der Waals surface area (Å²) in [4.78, 5) is 0. The molecule has 0 aliphatic carbocycles. The zero-order chi connectivity index (χ0) is 8.85. The molecule has 2 unspecified atom stereocenters. The second-order valence-electron chi connectivity index (χ2n) is 3.77. The van der Waals surface area contributed by atoms with Gasteiger partial charge in [-0.2, -0.15) is 0 Å². The van der Waals surface area contributed by atoms with Crippen molar-refractivity contribution in [3.63, 3.8) is 0 Å². The molecule has 0 aromatic rings. The third-order valence-electron chi connectivity index (χ3n) is 2.58. The van der Waals surface area contributed by atoms with Crippen LogP contribution in [0.1, 0.15) is 40.5 Å². The van der Waals surface area contributed by atoms with Gasteiger partial charge in [-0.15, -0.1) is 0 Å². The van der Waals surface area contributed by atoms with Crippen molar-refractivity contribution in [2.24, 2.45) is 11.8 Å². The number of hydrogen-bond donors (Lipinski definition) is 1. The third kappa shape index (κ3) is 3.76. The average Bonchev–Trinajstić information content (AvgIpc) is 1.98. The molecule has 0 saturated carbocycles. The van der Waals surface area contributed by atoms with Gasteiger partial charge in [-0.1, -0.05) is 27.2 Å². The van der Waals surface area contributed by atoms with Crippen molar-refractivity contribution in [3.05, 3.63) is 0 Å². The topological polar surface area (TPSA) is 12.0 Å². The zero-order valence-corrected chi connectivity index (χ0v) is 8.65. The molecule has 0 fully saturated rings. The lowest BCUT2D eigenvalue weighted by Gasteiger charge is -2.26. The summed E-state index contributed by atoms with van der Waals surface area (Å²) in [6, 6.07) is 0.662. The second-order valence-corrected chi connectivity index (χ2v) is 3.77. The first kappa shape index (κ1) is 11.0. The van der Waals surface area contributed by atoms with Crippen LogP contribution in [0.15, 0.2) is 0 Å². The van der Waals surface area contributed by atoms with Crippen LogP contribution in [0.25, 0.3) is 0 Å². The zero-order valence-electron chi connectivity index (χ0n) is 8.65. The van der Waals surface area contributed by atoms with E-state index in [1.54, 1.807) is 0 Å². The maximum Gasteiger partial charge on any atom is 0.00664 e. The highest BCUT2D eigenvalue weighted by Gasteiger charge is 2.17. The Morgan fingerprint density at radius 2 is 1.73 bits per heavy atom. The first-order valence-electron chi connectivity index (χ1n) is 4.80. The number of rotatable bonds is 5. The van der Waals surface area contributed by atoms with Gasteiger partial charge in [0.15, 0.2) is 0 Å². The van der Waals surface area contributed by atoms with Crippen LogP contribution in [0.4, 0.5) is 0 Å². The predicted octanol–water partition coefficient (Wildman–Crippen LogP) is 2.67. The van der Waals surface area contributed by atoms with Crippen molar-refractivity contribution in [1.82, 2.24) is 5.32 Å². The molecular formula is C10H23N. The highest BCUT2D eigenvalue weighted by Crippen LogP contribution is 2.20. The molecule has 68 valence electrons. The Labute approximate surface area is 71.6 Å². The molecular weight excluding hydrogens is 134 g/mol. The van der Waals surface area contributed by atoms with Crippen molar-refractivity contribution >= 4 is 0 Å². The minimum atomic E-state index is 0.662. The van der Waals surface area contributed by atoms with E-state index in [0.29, 0.717) is 6.04 Å². The van der Waals surface area contributed by atoms with Crippen molar-refractivity contribution in [1.29, 1.82) is 0 Å². The quantitative estimate of drug-likeness (QED) is 0.647. The summed E-state index contributed by atoms with van der Waals surface area (Å²) in [7, 11) is 2.05. The van der Waals surface area contributed by atoms with Crippen LogP contribution in [0, 0.1) is 11.8 Å². The molecule has 2 atom stereocenters. The Balaban J connectivity index is 3.87. The fourth-order valence-corrected chi connectivity index (χ4v) is 1.71. The molecule has 0 heterocycles. The minimum absolute atomic E-state index is 0.662. The fourth-order valence-electron chi connectivity index (χ4n) is 1.71. The van der Waals surface area contributed by atoms with E-state index in [0.717, 1.165) is 11.8 Å². The molecule has 0 spiro atoms. The maximum atomic E-state index is 3.33. The monoisotopic (exact) mass is 157 g/mol. The predicted molar refractivity (Wildman–Crippen MR) is 51.8 cm³/mol. The molecule has 1 N–H and O–H groups in total. The SMILES string of the molecule is CCCC(C(C)C)C(C)NC. The smallest absolute Gasteiger partial charge is 0.00664 e. The standard InChI is InChI=1S/C10H23N/c1-6-7-10(8(2)3)9(4)11-5/h8-11H,6-7H2,1-5H3.